The fraction of sp³-hybridized carbons (Fsp3) is 0.200. The summed E-state index contributed by atoms with van der Waals surface area (Å²) in [7, 11) is 1.61. The first-order valence-electron chi connectivity index (χ1n) is 5.92. The molecule has 0 atom stereocenters. The second kappa shape index (κ2) is 5.93. The first-order valence-corrected chi connectivity index (χ1v) is 6.30. The molecule has 2 aromatic carbocycles. The first kappa shape index (κ1) is 13.7. The zero-order valence-electron chi connectivity index (χ0n) is 10.8. The molecule has 0 spiro atoms. The van der Waals surface area contributed by atoms with Crippen molar-refractivity contribution in [1.82, 2.24) is 0 Å². The lowest BCUT2D eigenvalue weighted by atomic mass is 10.1. The van der Waals surface area contributed by atoms with Gasteiger partial charge in [0.15, 0.2) is 0 Å². The van der Waals surface area contributed by atoms with Crippen LogP contribution in [0.5, 0.6) is 5.75 Å². The van der Waals surface area contributed by atoms with Gasteiger partial charge in [0.05, 0.1) is 12.8 Å². The summed E-state index contributed by atoms with van der Waals surface area (Å²) in [6.45, 7) is 2.47. The van der Waals surface area contributed by atoms with Gasteiger partial charge in [-0.05, 0) is 48.4 Å². The Morgan fingerprint density at radius 3 is 2.68 bits per heavy atom. The summed E-state index contributed by atoms with van der Waals surface area (Å²) in [6, 6.07) is 10.1. The highest BCUT2D eigenvalue weighted by molar-refractivity contribution is 6.30. The van der Waals surface area contributed by atoms with Gasteiger partial charge in [-0.25, -0.2) is 4.39 Å². The largest absolute Gasteiger partial charge is 0.495 e. The standard InChI is InChI=1S/C15H15ClFNO/c1-10-7-13(17)5-3-11(10)9-18-14-8-12(16)4-6-15(14)19-2/h3-8,18H,9H2,1-2H3. The highest BCUT2D eigenvalue weighted by Crippen LogP contribution is 2.28. The molecule has 0 bridgehead atoms. The number of benzene rings is 2. The summed E-state index contributed by atoms with van der Waals surface area (Å²) >= 11 is 5.96. The highest BCUT2D eigenvalue weighted by atomic mass is 35.5. The summed E-state index contributed by atoms with van der Waals surface area (Å²) in [5, 5.41) is 3.89. The van der Waals surface area contributed by atoms with E-state index in [1.807, 2.05) is 13.0 Å². The Morgan fingerprint density at radius 2 is 2.00 bits per heavy atom. The maximum absolute atomic E-state index is 13.0. The molecule has 0 saturated carbocycles. The van der Waals surface area contributed by atoms with E-state index >= 15 is 0 Å². The number of rotatable bonds is 4. The van der Waals surface area contributed by atoms with Crippen molar-refractivity contribution in [2.45, 2.75) is 13.5 Å². The van der Waals surface area contributed by atoms with Gasteiger partial charge < -0.3 is 10.1 Å². The Labute approximate surface area is 117 Å². The normalized spacial score (nSPS) is 10.3. The Kier molecular flexibility index (Phi) is 4.27. The molecule has 1 N–H and O–H groups in total. The van der Waals surface area contributed by atoms with E-state index in [0.717, 1.165) is 22.6 Å². The van der Waals surface area contributed by atoms with Gasteiger partial charge >= 0.3 is 0 Å². The molecule has 0 aliphatic carbocycles. The maximum atomic E-state index is 13.0. The molecule has 0 fully saturated rings. The molecular weight excluding hydrogens is 265 g/mol. The molecule has 0 amide bonds. The van der Waals surface area contributed by atoms with E-state index in [4.69, 9.17) is 16.3 Å². The number of aryl methyl sites for hydroxylation is 1. The molecule has 19 heavy (non-hydrogen) atoms. The Hall–Kier alpha value is -1.74. The van der Waals surface area contributed by atoms with E-state index in [1.54, 1.807) is 25.3 Å². The minimum Gasteiger partial charge on any atom is -0.495 e. The summed E-state index contributed by atoms with van der Waals surface area (Å²) in [4.78, 5) is 0. The molecule has 0 heterocycles. The molecule has 0 aliphatic heterocycles. The first-order chi connectivity index (χ1) is 9.10. The number of halogens is 2. The molecule has 2 aromatic rings. The van der Waals surface area contributed by atoms with Gasteiger partial charge in [-0.2, -0.15) is 0 Å². The van der Waals surface area contributed by atoms with E-state index in [2.05, 4.69) is 5.32 Å². The maximum Gasteiger partial charge on any atom is 0.142 e. The van der Waals surface area contributed by atoms with Crippen molar-refractivity contribution in [3.05, 3.63) is 58.4 Å². The quantitative estimate of drug-likeness (QED) is 0.895. The minimum absolute atomic E-state index is 0.221. The highest BCUT2D eigenvalue weighted by Gasteiger charge is 2.05. The topological polar surface area (TPSA) is 21.3 Å². The van der Waals surface area contributed by atoms with Crippen LogP contribution in [0.25, 0.3) is 0 Å². The van der Waals surface area contributed by atoms with Gasteiger partial charge in [-0.15, -0.1) is 0 Å². The summed E-state index contributed by atoms with van der Waals surface area (Å²) < 4.78 is 18.3. The predicted molar refractivity (Wildman–Crippen MR) is 76.5 cm³/mol. The van der Waals surface area contributed by atoms with Gasteiger partial charge in [0.2, 0.25) is 0 Å². The van der Waals surface area contributed by atoms with Crippen LogP contribution in [0.4, 0.5) is 10.1 Å². The van der Waals surface area contributed by atoms with Crippen molar-refractivity contribution in [3.8, 4) is 5.75 Å². The second-order valence-electron chi connectivity index (χ2n) is 4.27. The summed E-state index contributed by atoms with van der Waals surface area (Å²) in [5.41, 5.74) is 2.76. The zero-order chi connectivity index (χ0) is 13.8. The third-order valence-electron chi connectivity index (χ3n) is 2.94. The number of hydrogen-bond acceptors (Lipinski definition) is 2. The summed E-state index contributed by atoms with van der Waals surface area (Å²) in [6.07, 6.45) is 0. The zero-order valence-corrected chi connectivity index (χ0v) is 11.6. The third-order valence-corrected chi connectivity index (χ3v) is 3.17. The SMILES string of the molecule is COc1ccc(Cl)cc1NCc1ccc(F)cc1C. The number of nitrogens with one attached hydrogen (secondary N) is 1. The van der Waals surface area contributed by atoms with Crippen molar-refractivity contribution in [1.29, 1.82) is 0 Å². The predicted octanol–water partition coefficient (Wildman–Crippen LogP) is 4.41. The van der Waals surface area contributed by atoms with Gasteiger partial charge in [-0.3, -0.25) is 0 Å². The van der Waals surface area contributed by atoms with Gasteiger partial charge in [-0.1, -0.05) is 17.7 Å². The molecule has 2 nitrogen and oxygen atoms in total. The van der Waals surface area contributed by atoms with Crippen LogP contribution in [0, 0.1) is 12.7 Å². The summed E-state index contributed by atoms with van der Waals surface area (Å²) in [5.74, 6) is 0.505. The fourth-order valence-electron chi connectivity index (χ4n) is 1.87. The molecule has 100 valence electrons. The Balaban J connectivity index is 2.16. The number of ether oxygens (including phenoxy) is 1. The van der Waals surface area contributed by atoms with Crippen molar-refractivity contribution in [2.75, 3.05) is 12.4 Å². The van der Waals surface area contributed by atoms with Gasteiger partial charge in [0.25, 0.3) is 0 Å². The second-order valence-corrected chi connectivity index (χ2v) is 4.71. The smallest absolute Gasteiger partial charge is 0.142 e. The number of anilines is 1. The average molecular weight is 280 g/mol. The third kappa shape index (κ3) is 3.38. The van der Waals surface area contributed by atoms with E-state index in [1.165, 1.54) is 12.1 Å². The van der Waals surface area contributed by atoms with Crippen LogP contribution in [-0.4, -0.2) is 7.11 Å². The van der Waals surface area contributed by atoms with Crippen LogP contribution in [0.2, 0.25) is 5.02 Å². The Bertz CT molecular complexity index is 586. The molecule has 0 aliphatic rings. The average Bonchev–Trinajstić information content (AvgIpc) is 2.38. The molecule has 2 rings (SSSR count). The van der Waals surface area contributed by atoms with Crippen LogP contribution in [-0.2, 0) is 6.54 Å². The van der Waals surface area contributed by atoms with Crippen LogP contribution >= 0.6 is 11.6 Å². The minimum atomic E-state index is -0.221. The van der Waals surface area contributed by atoms with Crippen LogP contribution in [0.1, 0.15) is 11.1 Å². The van der Waals surface area contributed by atoms with Crippen molar-refractivity contribution >= 4 is 17.3 Å². The number of hydrogen-bond donors (Lipinski definition) is 1. The van der Waals surface area contributed by atoms with Crippen molar-refractivity contribution in [2.24, 2.45) is 0 Å². The Morgan fingerprint density at radius 1 is 1.21 bits per heavy atom. The lowest BCUT2D eigenvalue weighted by Crippen LogP contribution is -2.03. The molecule has 4 heteroatoms. The van der Waals surface area contributed by atoms with Crippen LogP contribution in [0.3, 0.4) is 0 Å². The number of methoxy groups -OCH3 is 1. The van der Waals surface area contributed by atoms with E-state index < -0.39 is 0 Å². The lowest BCUT2D eigenvalue weighted by molar-refractivity contribution is 0.416. The van der Waals surface area contributed by atoms with E-state index in [0.29, 0.717) is 11.6 Å². The molecule has 0 aromatic heterocycles. The molecular formula is C15H15ClFNO. The van der Waals surface area contributed by atoms with Crippen molar-refractivity contribution < 1.29 is 9.13 Å². The molecule has 0 saturated heterocycles. The van der Waals surface area contributed by atoms with E-state index in [-0.39, 0.29) is 5.82 Å². The van der Waals surface area contributed by atoms with Crippen molar-refractivity contribution in [3.63, 3.8) is 0 Å². The fourth-order valence-corrected chi connectivity index (χ4v) is 2.04. The monoisotopic (exact) mass is 279 g/mol. The van der Waals surface area contributed by atoms with Gasteiger partial charge in [0, 0.05) is 11.6 Å². The van der Waals surface area contributed by atoms with Crippen LogP contribution < -0.4 is 10.1 Å². The van der Waals surface area contributed by atoms with Crippen LogP contribution in [0.15, 0.2) is 36.4 Å². The van der Waals surface area contributed by atoms with E-state index in [9.17, 15) is 4.39 Å². The lowest BCUT2D eigenvalue weighted by Gasteiger charge is -2.13. The van der Waals surface area contributed by atoms with Gasteiger partial charge in [0.1, 0.15) is 11.6 Å². The molecule has 0 radical (unpaired) electrons. The molecule has 0 unspecified atom stereocenters.